The van der Waals surface area contributed by atoms with Crippen molar-refractivity contribution in [1.82, 2.24) is 15.5 Å². The Labute approximate surface area is 185 Å². The maximum atomic E-state index is 12.9. The number of fused-ring (bicyclic) bond motifs is 1. The van der Waals surface area contributed by atoms with E-state index < -0.39 is 18.0 Å². The van der Waals surface area contributed by atoms with Gasteiger partial charge in [-0.25, -0.2) is 9.78 Å². The molecule has 9 heteroatoms. The number of ether oxygens (including phenoxy) is 3. The van der Waals surface area contributed by atoms with Gasteiger partial charge in [0, 0.05) is 18.2 Å². The molecule has 2 heterocycles. The van der Waals surface area contributed by atoms with E-state index in [1.54, 1.807) is 39.3 Å². The first-order valence-corrected chi connectivity index (χ1v) is 10.4. The van der Waals surface area contributed by atoms with Gasteiger partial charge in [0.05, 0.1) is 30.9 Å². The van der Waals surface area contributed by atoms with Crippen molar-refractivity contribution >= 4 is 23.0 Å². The van der Waals surface area contributed by atoms with Gasteiger partial charge < -0.3 is 24.1 Å². The number of carbonyl (C=O) groups excluding carboxylic acids is 2. The zero-order valence-electron chi connectivity index (χ0n) is 18.4. The second-order valence-corrected chi connectivity index (χ2v) is 7.77. The number of hydrogen-bond donors (Lipinski definition) is 1. The van der Waals surface area contributed by atoms with Gasteiger partial charge >= 0.3 is 5.97 Å². The highest BCUT2D eigenvalue weighted by atomic mass is 16.5. The van der Waals surface area contributed by atoms with Crippen molar-refractivity contribution in [2.24, 2.45) is 0 Å². The molecule has 1 aliphatic carbocycles. The molecule has 1 atom stereocenters. The lowest BCUT2D eigenvalue weighted by Gasteiger charge is -2.15. The number of methoxy groups -OCH3 is 2. The van der Waals surface area contributed by atoms with Crippen LogP contribution in [0, 0.1) is 6.92 Å². The van der Waals surface area contributed by atoms with Gasteiger partial charge in [0.25, 0.3) is 11.6 Å². The minimum Gasteiger partial charge on any atom is -0.493 e. The predicted molar refractivity (Wildman–Crippen MR) is 115 cm³/mol. The van der Waals surface area contributed by atoms with Crippen molar-refractivity contribution in [1.29, 1.82) is 0 Å². The molecule has 1 amide bonds. The van der Waals surface area contributed by atoms with Crippen LogP contribution in [0.2, 0.25) is 0 Å². The van der Waals surface area contributed by atoms with Crippen molar-refractivity contribution in [2.45, 2.75) is 45.3 Å². The van der Waals surface area contributed by atoms with E-state index in [0.717, 1.165) is 24.1 Å². The first-order chi connectivity index (χ1) is 15.4. The summed E-state index contributed by atoms with van der Waals surface area (Å²) in [7, 11) is 3.10. The highest BCUT2D eigenvalue weighted by molar-refractivity contribution is 6.04. The number of rotatable bonds is 8. The molecule has 0 aliphatic heterocycles. The summed E-state index contributed by atoms with van der Waals surface area (Å²) in [5.41, 5.74) is 2.78. The highest BCUT2D eigenvalue weighted by Gasteiger charge is 2.30. The molecule has 1 N–H and O–H groups in total. The van der Waals surface area contributed by atoms with Crippen LogP contribution in [0.4, 0.5) is 0 Å². The van der Waals surface area contributed by atoms with Crippen LogP contribution in [-0.4, -0.2) is 42.3 Å². The fraction of sp³-hybridized carbons (Fsp3) is 0.391. The van der Waals surface area contributed by atoms with Crippen molar-refractivity contribution in [3.8, 4) is 11.5 Å². The van der Waals surface area contributed by atoms with Gasteiger partial charge in [0.1, 0.15) is 0 Å². The maximum absolute atomic E-state index is 12.9. The number of nitrogens with zero attached hydrogens (tertiary/aromatic N) is 2. The third-order valence-electron chi connectivity index (χ3n) is 5.42. The zero-order chi connectivity index (χ0) is 22.8. The number of nitrogens with one attached hydrogen (secondary N) is 1. The summed E-state index contributed by atoms with van der Waals surface area (Å²) in [4.78, 5) is 29.9. The Morgan fingerprint density at radius 3 is 2.62 bits per heavy atom. The van der Waals surface area contributed by atoms with E-state index >= 15 is 0 Å². The van der Waals surface area contributed by atoms with Crippen LogP contribution >= 0.6 is 0 Å². The van der Waals surface area contributed by atoms with Crippen LogP contribution in [-0.2, 0) is 16.1 Å². The van der Waals surface area contributed by atoms with Crippen molar-refractivity contribution in [2.75, 3.05) is 14.2 Å². The van der Waals surface area contributed by atoms with Gasteiger partial charge in [-0.15, -0.1) is 0 Å². The smallest absolute Gasteiger partial charge is 0.339 e. The predicted octanol–water partition coefficient (Wildman–Crippen LogP) is 3.29. The largest absolute Gasteiger partial charge is 0.493 e. The molecule has 9 nitrogen and oxygen atoms in total. The summed E-state index contributed by atoms with van der Waals surface area (Å²) >= 11 is 0. The fourth-order valence-corrected chi connectivity index (χ4v) is 3.46. The number of benzene rings is 1. The van der Waals surface area contributed by atoms with Crippen LogP contribution in [0.25, 0.3) is 11.1 Å². The first kappa shape index (κ1) is 21.6. The summed E-state index contributed by atoms with van der Waals surface area (Å²) in [6, 6.07) is 7.08. The number of pyridine rings is 1. The lowest BCUT2D eigenvalue weighted by atomic mass is 10.1. The van der Waals surface area contributed by atoms with Gasteiger partial charge in [-0.05, 0) is 50.5 Å². The average Bonchev–Trinajstić information content (AvgIpc) is 3.59. The molecule has 168 valence electrons. The Kier molecular flexibility index (Phi) is 5.98. The first-order valence-electron chi connectivity index (χ1n) is 10.4. The Morgan fingerprint density at radius 2 is 1.94 bits per heavy atom. The molecule has 2 aromatic heterocycles. The molecule has 0 saturated heterocycles. The molecule has 1 aromatic carbocycles. The molecular formula is C23H25N3O6. The normalized spacial score (nSPS) is 14.1. The summed E-state index contributed by atoms with van der Waals surface area (Å²) in [5, 5.41) is 7.20. The van der Waals surface area contributed by atoms with Crippen LogP contribution in [0.5, 0.6) is 11.5 Å². The number of esters is 1. The van der Waals surface area contributed by atoms with E-state index in [4.69, 9.17) is 18.7 Å². The van der Waals surface area contributed by atoms with Gasteiger partial charge in [-0.1, -0.05) is 11.2 Å². The Hall–Kier alpha value is -3.62. The molecule has 1 fully saturated rings. The summed E-state index contributed by atoms with van der Waals surface area (Å²) in [5.74, 6) is 0.458. The molecule has 4 rings (SSSR count). The second-order valence-electron chi connectivity index (χ2n) is 7.77. The molecule has 1 saturated carbocycles. The molecule has 0 unspecified atom stereocenters. The van der Waals surface area contributed by atoms with E-state index in [-0.39, 0.29) is 6.54 Å². The van der Waals surface area contributed by atoms with Gasteiger partial charge in [-0.2, -0.15) is 0 Å². The molecular weight excluding hydrogens is 414 g/mol. The third-order valence-corrected chi connectivity index (χ3v) is 5.42. The summed E-state index contributed by atoms with van der Waals surface area (Å²) < 4.78 is 21.2. The SMILES string of the molecule is COc1ccc(CNC(=O)[C@@H](C)OC(=O)c2cc(C3CC3)nc3onc(C)c23)cc1OC. The monoisotopic (exact) mass is 439 g/mol. The summed E-state index contributed by atoms with van der Waals surface area (Å²) in [6.45, 7) is 3.51. The second kappa shape index (κ2) is 8.86. The summed E-state index contributed by atoms with van der Waals surface area (Å²) in [6.07, 6.45) is 1.06. The van der Waals surface area contributed by atoms with E-state index in [2.05, 4.69) is 15.5 Å². The number of amides is 1. The Balaban J connectivity index is 1.44. The molecule has 1 aliphatic rings. The molecule has 32 heavy (non-hydrogen) atoms. The van der Waals surface area contributed by atoms with Gasteiger partial charge in [0.2, 0.25) is 0 Å². The van der Waals surface area contributed by atoms with Crippen LogP contribution in [0.3, 0.4) is 0 Å². The zero-order valence-corrected chi connectivity index (χ0v) is 18.4. The molecule has 0 radical (unpaired) electrons. The number of aryl methyl sites for hydroxylation is 1. The average molecular weight is 439 g/mol. The van der Waals surface area contributed by atoms with Crippen molar-refractivity contribution in [3.63, 3.8) is 0 Å². The van der Waals surface area contributed by atoms with Crippen LogP contribution in [0.1, 0.15) is 53.0 Å². The Morgan fingerprint density at radius 1 is 1.19 bits per heavy atom. The van der Waals surface area contributed by atoms with Crippen LogP contribution in [0.15, 0.2) is 28.8 Å². The van der Waals surface area contributed by atoms with Crippen molar-refractivity contribution < 1.29 is 28.3 Å². The van der Waals surface area contributed by atoms with Gasteiger partial charge in [0.15, 0.2) is 17.6 Å². The quantitative estimate of drug-likeness (QED) is 0.532. The fourth-order valence-electron chi connectivity index (χ4n) is 3.46. The molecule has 0 spiro atoms. The minimum atomic E-state index is -0.990. The highest BCUT2D eigenvalue weighted by Crippen LogP contribution is 2.40. The van der Waals surface area contributed by atoms with Crippen molar-refractivity contribution in [3.05, 3.63) is 46.8 Å². The third kappa shape index (κ3) is 4.37. The minimum absolute atomic E-state index is 0.247. The van der Waals surface area contributed by atoms with E-state index in [0.29, 0.717) is 39.8 Å². The van der Waals surface area contributed by atoms with E-state index in [1.165, 1.54) is 6.92 Å². The lowest BCUT2D eigenvalue weighted by Crippen LogP contribution is -2.35. The lowest BCUT2D eigenvalue weighted by molar-refractivity contribution is -0.129. The number of carbonyl (C=O) groups is 2. The number of aromatic nitrogens is 2. The molecule has 0 bridgehead atoms. The van der Waals surface area contributed by atoms with E-state index in [1.807, 2.05) is 6.07 Å². The van der Waals surface area contributed by atoms with Gasteiger partial charge in [-0.3, -0.25) is 4.79 Å². The molecule has 3 aromatic rings. The maximum Gasteiger partial charge on any atom is 0.339 e. The Bertz CT molecular complexity index is 1170. The van der Waals surface area contributed by atoms with Crippen LogP contribution < -0.4 is 14.8 Å². The number of hydrogen-bond acceptors (Lipinski definition) is 8. The topological polar surface area (TPSA) is 113 Å². The van der Waals surface area contributed by atoms with E-state index in [9.17, 15) is 9.59 Å². The standard InChI is InChI=1S/C23H25N3O6/c1-12-20-16(10-17(15-6-7-15)25-22(20)32-26-12)23(28)31-13(2)21(27)24-11-14-5-8-18(29-3)19(9-14)30-4/h5,8-10,13,15H,6-7,11H2,1-4H3,(H,24,27)/t13-/m1/s1.